The van der Waals surface area contributed by atoms with Gasteiger partial charge in [-0.2, -0.15) is 9.97 Å². The van der Waals surface area contributed by atoms with Crippen molar-refractivity contribution in [2.45, 2.75) is 25.9 Å². The van der Waals surface area contributed by atoms with Crippen LogP contribution < -0.4 is 20.7 Å². The van der Waals surface area contributed by atoms with E-state index in [9.17, 15) is 13.2 Å². The molecule has 32 heavy (non-hydrogen) atoms. The first-order valence-electron chi connectivity index (χ1n) is 9.82. The number of hydrogen-bond donors (Lipinski definition) is 4. The Morgan fingerprint density at radius 1 is 1.12 bits per heavy atom. The summed E-state index contributed by atoms with van der Waals surface area (Å²) in [6, 6.07) is 5.01. The fourth-order valence-electron chi connectivity index (χ4n) is 2.73. The third-order valence-electron chi connectivity index (χ3n) is 4.06. The van der Waals surface area contributed by atoms with E-state index < -0.39 is 10.0 Å². The molecule has 0 aliphatic rings. The Labute approximate surface area is 190 Å². The van der Waals surface area contributed by atoms with Gasteiger partial charge < -0.3 is 16.0 Å². The number of rotatable bonds is 10. The average Bonchev–Trinajstić information content (AvgIpc) is 3.12. The molecule has 0 saturated heterocycles. The van der Waals surface area contributed by atoms with Crippen LogP contribution in [-0.2, 0) is 14.8 Å². The van der Waals surface area contributed by atoms with Gasteiger partial charge in [0.1, 0.15) is 0 Å². The van der Waals surface area contributed by atoms with E-state index in [4.69, 9.17) is 0 Å². The van der Waals surface area contributed by atoms with E-state index in [2.05, 4.69) is 40.8 Å². The number of fused-ring (bicyclic) bond motifs is 1. The third-order valence-corrected chi connectivity index (χ3v) is 5.58. The molecule has 14 heteroatoms. The molecule has 3 rings (SSSR count). The Balaban J connectivity index is 1.73. The van der Waals surface area contributed by atoms with Gasteiger partial charge in [-0.1, -0.05) is 17.8 Å². The lowest BCUT2D eigenvalue weighted by Crippen LogP contribution is -2.16. The quantitative estimate of drug-likeness (QED) is 0.316. The molecule has 12 nitrogen and oxygen atoms in total. The van der Waals surface area contributed by atoms with Crippen molar-refractivity contribution < 1.29 is 13.2 Å². The van der Waals surface area contributed by atoms with Crippen LogP contribution in [0.1, 0.15) is 19.4 Å². The number of hydrogen-bond acceptors (Lipinski definition) is 10. The monoisotopic (exact) mass is 479 g/mol. The second-order valence-corrected chi connectivity index (χ2v) is 9.48. The highest BCUT2D eigenvalue weighted by atomic mass is 32.2. The summed E-state index contributed by atoms with van der Waals surface area (Å²) in [5.41, 5.74) is 1.63. The molecule has 4 N–H and O–H groups in total. The maximum atomic E-state index is 12.5. The van der Waals surface area contributed by atoms with Gasteiger partial charge in [-0.05, 0) is 38.5 Å². The lowest BCUT2D eigenvalue weighted by molar-refractivity contribution is -0.113. The minimum atomic E-state index is -3.43. The van der Waals surface area contributed by atoms with E-state index in [1.165, 1.54) is 11.8 Å². The highest BCUT2D eigenvalue weighted by molar-refractivity contribution is 7.99. The number of benzene rings is 1. The van der Waals surface area contributed by atoms with Crippen molar-refractivity contribution >= 4 is 56.7 Å². The first kappa shape index (κ1) is 23.5. The summed E-state index contributed by atoms with van der Waals surface area (Å²) in [4.78, 5) is 21.3. The van der Waals surface area contributed by atoms with E-state index in [0.717, 1.165) is 11.8 Å². The highest BCUT2D eigenvalue weighted by Crippen LogP contribution is 2.23. The number of anilines is 4. The first-order valence-corrected chi connectivity index (χ1v) is 12.7. The zero-order valence-corrected chi connectivity index (χ0v) is 19.8. The van der Waals surface area contributed by atoms with Gasteiger partial charge in [0.05, 0.1) is 17.7 Å². The Hall–Kier alpha value is -3.13. The largest absolute Gasteiger partial charge is 0.355 e. The number of aryl methyl sites for hydroxylation is 1. The van der Waals surface area contributed by atoms with Crippen LogP contribution >= 0.6 is 11.8 Å². The Bertz CT molecular complexity index is 1230. The van der Waals surface area contributed by atoms with Crippen molar-refractivity contribution in [1.82, 2.24) is 24.6 Å². The number of aromatic nitrogens is 5. The van der Waals surface area contributed by atoms with Gasteiger partial charge in [0.15, 0.2) is 5.16 Å². The number of carbonyl (C=O) groups excluding carboxylic acids is 1. The predicted octanol–water partition coefficient (Wildman–Crippen LogP) is 1.79. The van der Waals surface area contributed by atoms with Crippen molar-refractivity contribution in [1.29, 1.82) is 0 Å². The number of carbonyl (C=O) groups is 1. The van der Waals surface area contributed by atoms with Crippen LogP contribution in [0.5, 0.6) is 0 Å². The minimum Gasteiger partial charge on any atom is -0.355 e. The topological polar surface area (TPSA) is 155 Å². The van der Waals surface area contributed by atoms with Crippen molar-refractivity contribution in [3.63, 3.8) is 0 Å². The summed E-state index contributed by atoms with van der Waals surface area (Å²) in [7, 11) is -3.43. The minimum absolute atomic E-state index is 0.0596. The van der Waals surface area contributed by atoms with Crippen LogP contribution in [0.4, 0.5) is 23.3 Å². The van der Waals surface area contributed by atoms with Crippen molar-refractivity contribution in [2.24, 2.45) is 0 Å². The zero-order valence-electron chi connectivity index (χ0n) is 18.1. The van der Waals surface area contributed by atoms with E-state index in [1.807, 2.05) is 13.8 Å². The molecule has 172 valence electrons. The number of nitrogens with zero attached hydrogens (tertiary/aromatic N) is 5. The molecule has 0 atom stereocenters. The second kappa shape index (κ2) is 9.99. The first-order chi connectivity index (χ1) is 15.2. The van der Waals surface area contributed by atoms with Gasteiger partial charge >= 0.3 is 0 Å². The van der Waals surface area contributed by atoms with Crippen LogP contribution in [0.15, 0.2) is 23.4 Å². The summed E-state index contributed by atoms with van der Waals surface area (Å²) < 4.78 is 27.1. The maximum absolute atomic E-state index is 12.5. The van der Waals surface area contributed by atoms with Gasteiger partial charge in [0.25, 0.3) is 5.78 Å². The van der Waals surface area contributed by atoms with Crippen molar-refractivity contribution in [2.75, 3.05) is 45.8 Å². The van der Waals surface area contributed by atoms with Gasteiger partial charge in [-0.3, -0.25) is 9.52 Å². The number of thioether (sulfide) groups is 1. The Kier molecular flexibility index (Phi) is 7.35. The summed E-state index contributed by atoms with van der Waals surface area (Å²) in [5.74, 6) is 1.11. The second-order valence-electron chi connectivity index (χ2n) is 6.79. The third kappa shape index (κ3) is 5.97. The van der Waals surface area contributed by atoms with Gasteiger partial charge in [0.2, 0.25) is 27.8 Å². The van der Waals surface area contributed by atoms with Crippen LogP contribution in [-0.4, -0.2) is 64.0 Å². The smallest absolute Gasteiger partial charge is 0.261 e. The molecular weight excluding hydrogens is 454 g/mol. The van der Waals surface area contributed by atoms with Crippen LogP contribution in [0.25, 0.3) is 5.78 Å². The summed E-state index contributed by atoms with van der Waals surface area (Å²) in [6.45, 7) is 6.96. The molecule has 0 aliphatic carbocycles. The van der Waals surface area contributed by atoms with E-state index in [-0.39, 0.29) is 11.7 Å². The van der Waals surface area contributed by atoms with E-state index in [1.54, 1.807) is 29.5 Å². The van der Waals surface area contributed by atoms with Gasteiger partial charge in [-0.25, -0.2) is 12.8 Å². The van der Waals surface area contributed by atoms with Crippen molar-refractivity contribution in [3.05, 3.63) is 23.8 Å². The fraction of sp³-hybridized carbons (Fsp3) is 0.389. The molecule has 0 aliphatic heterocycles. The number of sulfonamides is 1. The number of amides is 1. The van der Waals surface area contributed by atoms with E-state index in [0.29, 0.717) is 47.3 Å². The molecule has 2 heterocycles. The summed E-state index contributed by atoms with van der Waals surface area (Å²) >= 11 is 1.19. The van der Waals surface area contributed by atoms with Crippen LogP contribution in [0, 0.1) is 6.92 Å². The molecule has 1 amide bonds. The lowest BCUT2D eigenvalue weighted by Gasteiger charge is -2.11. The highest BCUT2D eigenvalue weighted by Gasteiger charge is 2.16. The molecule has 0 spiro atoms. The lowest BCUT2D eigenvalue weighted by atomic mass is 10.2. The van der Waals surface area contributed by atoms with Crippen molar-refractivity contribution in [3.8, 4) is 0 Å². The van der Waals surface area contributed by atoms with E-state index >= 15 is 0 Å². The molecule has 1 aromatic carbocycles. The van der Waals surface area contributed by atoms with Gasteiger partial charge in [-0.15, -0.1) is 10.2 Å². The van der Waals surface area contributed by atoms with Crippen LogP contribution in [0.2, 0.25) is 0 Å². The number of nitrogens with one attached hydrogen (secondary N) is 4. The molecule has 3 aromatic rings. The fourth-order valence-corrected chi connectivity index (χ4v) is 4.08. The molecule has 0 bridgehead atoms. The predicted molar refractivity (Wildman–Crippen MR) is 126 cm³/mol. The summed E-state index contributed by atoms with van der Waals surface area (Å²) in [5, 5.41) is 17.7. The Morgan fingerprint density at radius 2 is 1.88 bits per heavy atom. The standard InChI is InChI=1S/C18H25N9O3S2/c1-5-19-15-22-16(20-6-2)27-17(23-15)24-25-18(27)31-10-14(28)21-12-8-7-11(3)13(9-12)26-32(4,29)30/h7-9,26H,5-6,10H2,1-4H3,(H,21,28)(H2,19,20,22,23,24). The molecular formula is C18H25N9O3S2. The normalized spacial score (nSPS) is 11.4. The molecule has 2 aromatic heterocycles. The van der Waals surface area contributed by atoms with Crippen LogP contribution in [0.3, 0.4) is 0 Å². The zero-order chi connectivity index (χ0) is 23.3. The molecule has 0 radical (unpaired) electrons. The molecule has 0 fully saturated rings. The SMILES string of the molecule is CCNc1nc(NCC)n2c(SCC(=O)Nc3ccc(C)c(NS(C)(=O)=O)c3)nnc2n1. The average molecular weight is 480 g/mol. The maximum Gasteiger partial charge on any atom is 0.261 e. The van der Waals surface area contributed by atoms with Gasteiger partial charge in [0, 0.05) is 18.8 Å². The summed E-state index contributed by atoms with van der Waals surface area (Å²) in [6.07, 6.45) is 1.07. The molecule has 0 unspecified atom stereocenters. The Morgan fingerprint density at radius 3 is 2.56 bits per heavy atom. The molecule has 0 saturated carbocycles.